The van der Waals surface area contributed by atoms with Crippen molar-refractivity contribution in [1.29, 1.82) is 0 Å². The third-order valence-electron chi connectivity index (χ3n) is 2.35. The maximum absolute atomic E-state index is 10.5. The van der Waals surface area contributed by atoms with E-state index in [1.165, 1.54) is 29.1 Å². The largest absolute Gasteiger partial charge is 0.545 e. The Kier molecular flexibility index (Phi) is 3.05. The van der Waals surface area contributed by atoms with E-state index in [4.69, 9.17) is 0 Å². The van der Waals surface area contributed by atoms with Crippen LogP contribution in [0.15, 0.2) is 36.5 Å². The summed E-state index contributed by atoms with van der Waals surface area (Å²) >= 11 is 0. The van der Waals surface area contributed by atoms with Crippen LogP contribution in [0.25, 0.3) is 0 Å². The molecule has 0 unspecified atom stereocenters. The Morgan fingerprint density at radius 2 is 1.94 bits per heavy atom. The van der Waals surface area contributed by atoms with Crippen molar-refractivity contribution in [3.05, 3.63) is 57.8 Å². The highest BCUT2D eigenvalue weighted by Gasteiger charge is 2.10. The number of carbonyl (C=O) groups is 1. The number of hydrogen-bond acceptors (Lipinski definition) is 5. The molecular formula is C11H8N3O4-. The van der Waals surface area contributed by atoms with Crippen LogP contribution in [0.1, 0.15) is 15.9 Å². The van der Waals surface area contributed by atoms with Crippen molar-refractivity contribution in [2.24, 2.45) is 0 Å². The van der Waals surface area contributed by atoms with E-state index in [1.54, 1.807) is 12.1 Å². The Morgan fingerprint density at radius 1 is 1.28 bits per heavy atom. The molecule has 1 aromatic heterocycles. The van der Waals surface area contributed by atoms with Gasteiger partial charge in [-0.25, -0.2) is 0 Å². The van der Waals surface area contributed by atoms with Crippen LogP contribution < -0.4 is 5.11 Å². The summed E-state index contributed by atoms with van der Waals surface area (Å²) in [6, 6.07) is 7.36. The molecule has 0 aliphatic heterocycles. The third-order valence-corrected chi connectivity index (χ3v) is 2.35. The van der Waals surface area contributed by atoms with Gasteiger partial charge in [0.15, 0.2) is 0 Å². The van der Waals surface area contributed by atoms with Gasteiger partial charge in [0.1, 0.15) is 0 Å². The zero-order valence-corrected chi connectivity index (χ0v) is 9.15. The average molecular weight is 246 g/mol. The van der Waals surface area contributed by atoms with Crippen LogP contribution in [-0.4, -0.2) is 20.7 Å². The van der Waals surface area contributed by atoms with Gasteiger partial charge in [-0.3, -0.25) is 0 Å². The number of hydrogen-bond donors (Lipinski definition) is 0. The molecule has 7 nitrogen and oxygen atoms in total. The Labute approximate surface area is 101 Å². The molecule has 2 aromatic rings. The molecule has 0 N–H and O–H groups in total. The predicted molar refractivity (Wildman–Crippen MR) is 58.8 cm³/mol. The molecule has 0 radical (unpaired) electrons. The molecule has 92 valence electrons. The minimum Gasteiger partial charge on any atom is -0.545 e. The van der Waals surface area contributed by atoms with Crippen molar-refractivity contribution >= 4 is 11.8 Å². The average Bonchev–Trinajstić information content (AvgIpc) is 2.78. The molecule has 1 heterocycles. The second-order valence-electron chi connectivity index (χ2n) is 3.61. The van der Waals surface area contributed by atoms with Gasteiger partial charge in [-0.1, -0.05) is 24.3 Å². The summed E-state index contributed by atoms with van der Waals surface area (Å²) in [5.74, 6) is -1.46. The number of aromatic nitrogens is 2. The molecular weight excluding hydrogens is 238 g/mol. The summed E-state index contributed by atoms with van der Waals surface area (Å²) < 4.78 is 1.41. The van der Waals surface area contributed by atoms with E-state index >= 15 is 0 Å². The van der Waals surface area contributed by atoms with E-state index in [-0.39, 0.29) is 11.4 Å². The van der Waals surface area contributed by atoms with E-state index < -0.39 is 10.9 Å². The quantitative estimate of drug-likeness (QED) is 0.566. The fraction of sp³-hybridized carbons (Fsp3) is 0.0909. The van der Waals surface area contributed by atoms with Gasteiger partial charge in [0.05, 0.1) is 29.9 Å². The molecule has 0 fully saturated rings. The minimum atomic E-state index is -1.24. The van der Waals surface area contributed by atoms with Crippen molar-refractivity contribution in [3.63, 3.8) is 0 Å². The van der Waals surface area contributed by atoms with E-state index in [9.17, 15) is 20.0 Å². The molecule has 0 atom stereocenters. The van der Waals surface area contributed by atoms with E-state index in [2.05, 4.69) is 5.10 Å². The molecule has 0 aliphatic rings. The Morgan fingerprint density at radius 3 is 2.44 bits per heavy atom. The molecule has 0 aliphatic carbocycles. The number of carbonyl (C=O) groups excluding carboxylic acids is 1. The molecule has 1 aromatic carbocycles. The lowest BCUT2D eigenvalue weighted by Crippen LogP contribution is -2.22. The zero-order chi connectivity index (χ0) is 13.1. The standard InChI is InChI=1S/C11H9N3O4/c15-11(16)9-3-1-8(2-4-9)7-13-6-5-10(12-13)14(17)18/h1-6H,7H2,(H,15,16)/p-1. The first-order valence-corrected chi connectivity index (χ1v) is 5.04. The van der Waals surface area contributed by atoms with Gasteiger partial charge in [-0.2, -0.15) is 4.68 Å². The maximum atomic E-state index is 10.5. The number of nitro groups is 1. The number of benzene rings is 1. The number of carboxylic acid groups (broad SMARTS) is 1. The zero-order valence-electron chi connectivity index (χ0n) is 9.15. The van der Waals surface area contributed by atoms with Crippen LogP contribution in [0.3, 0.4) is 0 Å². The molecule has 0 saturated heterocycles. The fourth-order valence-electron chi connectivity index (χ4n) is 1.47. The van der Waals surface area contributed by atoms with Gasteiger partial charge in [0, 0.05) is 0 Å². The van der Waals surface area contributed by atoms with Crippen molar-refractivity contribution < 1.29 is 14.8 Å². The molecule has 0 bridgehead atoms. The molecule has 0 amide bonds. The van der Waals surface area contributed by atoms with E-state index in [0.29, 0.717) is 6.54 Å². The smallest absolute Gasteiger partial charge is 0.389 e. The summed E-state index contributed by atoms with van der Waals surface area (Å²) in [5.41, 5.74) is 0.878. The minimum absolute atomic E-state index is 0.0881. The van der Waals surface area contributed by atoms with Crippen molar-refractivity contribution in [2.45, 2.75) is 6.54 Å². The van der Waals surface area contributed by atoms with Crippen LogP contribution in [0, 0.1) is 10.1 Å². The lowest BCUT2D eigenvalue weighted by molar-refractivity contribution is -0.389. The number of aromatic carboxylic acids is 1. The highest BCUT2D eigenvalue weighted by molar-refractivity contribution is 5.85. The number of rotatable bonds is 4. The molecule has 0 saturated carbocycles. The van der Waals surface area contributed by atoms with Gasteiger partial charge in [-0.05, 0) is 16.1 Å². The highest BCUT2D eigenvalue weighted by Crippen LogP contribution is 2.09. The lowest BCUT2D eigenvalue weighted by Gasteiger charge is -2.03. The van der Waals surface area contributed by atoms with Gasteiger partial charge in [0.2, 0.25) is 0 Å². The monoisotopic (exact) mass is 246 g/mol. The fourth-order valence-corrected chi connectivity index (χ4v) is 1.47. The summed E-state index contributed by atoms with van der Waals surface area (Å²) in [7, 11) is 0. The van der Waals surface area contributed by atoms with Gasteiger partial charge in [-0.15, -0.1) is 0 Å². The number of nitrogens with zero attached hydrogens (tertiary/aromatic N) is 3. The first-order valence-electron chi connectivity index (χ1n) is 5.04. The first-order chi connectivity index (χ1) is 8.56. The third kappa shape index (κ3) is 2.51. The normalized spacial score (nSPS) is 10.2. The predicted octanol–water partition coefficient (Wildman–Crippen LogP) is 0.203. The van der Waals surface area contributed by atoms with E-state index in [0.717, 1.165) is 5.56 Å². The summed E-state index contributed by atoms with van der Waals surface area (Å²) in [5, 5.41) is 24.7. The molecule has 7 heteroatoms. The van der Waals surface area contributed by atoms with Crippen LogP contribution in [0.4, 0.5) is 5.82 Å². The second kappa shape index (κ2) is 4.66. The molecule has 18 heavy (non-hydrogen) atoms. The highest BCUT2D eigenvalue weighted by atomic mass is 16.6. The molecule has 2 rings (SSSR count). The van der Waals surface area contributed by atoms with Gasteiger partial charge in [0.25, 0.3) is 0 Å². The van der Waals surface area contributed by atoms with Gasteiger partial charge < -0.3 is 20.0 Å². The van der Waals surface area contributed by atoms with Gasteiger partial charge >= 0.3 is 5.82 Å². The van der Waals surface area contributed by atoms with E-state index in [1.807, 2.05) is 0 Å². The SMILES string of the molecule is O=C([O-])c1ccc(Cn2ccc([N+](=O)[O-])n2)cc1. The van der Waals surface area contributed by atoms with Crippen LogP contribution in [0.2, 0.25) is 0 Å². The van der Waals surface area contributed by atoms with Crippen LogP contribution >= 0.6 is 0 Å². The number of carboxylic acids is 1. The van der Waals surface area contributed by atoms with Crippen LogP contribution in [0.5, 0.6) is 0 Å². The first kappa shape index (κ1) is 11.8. The van der Waals surface area contributed by atoms with Crippen molar-refractivity contribution in [1.82, 2.24) is 9.78 Å². The molecule has 0 spiro atoms. The van der Waals surface area contributed by atoms with Crippen molar-refractivity contribution in [3.8, 4) is 0 Å². The Balaban J connectivity index is 2.13. The summed E-state index contributed by atoms with van der Waals surface area (Å²) in [4.78, 5) is 20.4. The second-order valence-corrected chi connectivity index (χ2v) is 3.61. The van der Waals surface area contributed by atoms with Crippen LogP contribution in [-0.2, 0) is 6.54 Å². The Bertz CT molecular complexity index is 589. The summed E-state index contributed by atoms with van der Waals surface area (Å²) in [6.45, 7) is 0.334. The summed E-state index contributed by atoms with van der Waals surface area (Å²) in [6.07, 6.45) is 1.49. The van der Waals surface area contributed by atoms with Crippen molar-refractivity contribution in [2.75, 3.05) is 0 Å². The topological polar surface area (TPSA) is 101 Å². The Hall–Kier alpha value is -2.70. The lowest BCUT2D eigenvalue weighted by atomic mass is 10.1. The maximum Gasteiger partial charge on any atom is 0.389 e.